The summed E-state index contributed by atoms with van der Waals surface area (Å²) in [6.45, 7) is 4.58. The van der Waals surface area contributed by atoms with Crippen LogP contribution in [0.4, 0.5) is 0 Å². The van der Waals surface area contributed by atoms with Crippen LogP contribution in [0.1, 0.15) is 38.2 Å². The van der Waals surface area contributed by atoms with Gasteiger partial charge in [-0.15, -0.1) is 0 Å². The summed E-state index contributed by atoms with van der Waals surface area (Å²) in [4.78, 5) is 2.31. The number of rotatable bonds is 6. The third kappa shape index (κ3) is 3.61. The number of nitrogens with zero attached hydrogens (tertiary/aromatic N) is 1. The lowest BCUT2D eigenvalue weighted by Gasteiger charge is -2.53. The zero-order valence-electron chi connectivity index (χ0n) is 12.8. The van der Waals surface area contributed by atoms with E-state index in [2.05, 4.69) is 24.0 Å². The van der Waals surface area contributed by atoms with Gasteiger partial charge in [-0.3, -0.25) is 4.90 Å². The summed E-state index contributed by atoms with van der Waals surface area (Å²) in [5, 5.41) is 11.1. The van der Waals surface area contributed by atoms with Crippen molar-refractivity contribution in [1.82, 2.24) is 4.90 Å². The first-order valence-corrected chi connectivity index (χ1v) is 8.68. The Labute approximate surface area is 133 Å². The van der Waals surface area contributed by atoms with E-state index in [9.17, 15) is 5.11 Å². The molecule has 2 nitrogen and oxygen atoms in total. The molecule has 3 unspecified atom stereocenters. The van der Waals surface area contributed by atoms with E-state index < -0.39 is 0 Å². The molecule has 3 aliphatic rings. The summed E-state index contributed by atoms with van der Waals surface area (Å²) in [5.41, 5.74) is 1.34. The number of hydrogen-bond donors (Lipinski definition) is 1. The molecule has 0 spiro atoms. The lowest BCUT2D eigenvalue weighted by molar-refractivity contribution is -0.109. The maximum atomic E-state index is 10.3. The highest BCUT2D eigenvalue weighted by molar-refractivity contribution is 6.30. The molecule has 2 aliphatic heterocycles. The molecular formula is C18H26ClNO. The molecule has 3 fully saturated rings. The topological polar surface area (TPSA) is 23.5 Å². The Balaban J connectivity index is 1.35. The summed E-state index contributed by atoms with van der Waals surface area (Å²) < 4.78 is 0. The van der Waals surface area contributed by atoms with Gasteiger partial charge >= 0.3 is 0 Å². The van der Waals surface area contributed by atoms with E-state index >= 15 is 0 Å². The van der Waals surface area contributed by atoms with Crippen molar-refractivity contribution in [3.05, 3.63) is 34.9 Å². The summed E-state index contributed by atoms with van der Waals surface area (Å²) >= 11 is 5.89. The van der Waals surface area contributed by atoms with Crippen molar-refractivity contribution in [1.29, 1.82) is 0 Å². The molecular weight excluding hydrogens is 282 g/mol. The van der Waals surface area contributed by atoms with Crippen molar-refractivity contribution in [3.63, 3.8) is 0 Å². The van der Waals surface area contributed by atoms with Gasteiger partial charge in [-0.1, -0.05) is 30.7 Å². The number of hydrogen-bond acceptors (Lipinski definition) is 2. The predicted octanol–water partition coefficient (Wildman–Crippen LogP) is 3.96. The van der Waals surface area contributed by atoms with E-state index in [0.717, 1.165) is 61.5 Å². The number of unbranched alkanes of at least 4 members (excludes halogenated alkanes) is 1. The largest absolute Gasteiger partial charge is 0.378 e. The number of fused-ring (bicyclic) bond motifs is 2. The molecule has 1 aromatic carbocycles. The zero-order chi connectivity index (χ0) is 14.8. The van der Waals surface area contributed by atoms with Crippen LogP contribution in [0, 0.1) is 17.8 Å². The monoisotopic (exact) mass is 307 g/mol. The second kappa shape index (κ2) is 6.68. The average molecular weight is 308 g/mol. The Morgan fingerprint density at radius 1 is 1.19 bits per heavy atom. The summed E-state index contributed by atoms with van der Waals surface area (Å²) in [5.74, 6) is 2.57. The van der Waals surface area contributed by atoms with Crippen molar-refractivity contribution in [2.75, 3.05) is 13.1 Å². The molecule has 1 aromatic rings. The van der Waals surface area contributed by atoms with E-state index in [4.69, 9.17) is 11.6 Å². The molecule has 3 atom stereocenters. The van der Waals surface area contributed by atoms with Crippen LogP contribution in [0.3, 0.4) is 0 Å². The molecule has 0 aromatic heterocycles. The zero-order valence-corrected chi connectivity index (χ0v) is 13.6. The smallest absolute Gasteiger partial charge is 0.107 e. The molecule has 2 saturated heterocycles. The Morgan fingerprint density at radius 3 is 2.48 bits per heavy atom. The van der Waals surface area contributed by atoms with Crippen LogP contribution in [-0.2, 0) is 6.42 Å². The Kier molecular flexibility index (Phi) is 4.88. The molecule has 0 amide bonds. The highest BCUT2D eigenvalue weighted by Crippen LogP contribution is 2.45. The van der Waals surface area contributed by atoms with Crippen LogP contribution in [0.5, 0.6) is 0 Å². The fourth-order valence-electron chi connectivity index (χ4n) is 3.90. The minimum atomic E-state index is -0.229. The van der Waals surface area contributed by atoms with Gasteiger partial charge in [-0.2, -0.15) is 0 Å². The van der Waals surface area contributed by atoms with Crippen molar-refractivity contribution in [2.24, 2.45) is 17.8 Å². The van der Waals surface area contributed by atoms with Gasteiger partial charge in [0.05, 0.1) is 0 Å². The van der Waals surface area contributed by atoms with Gasteiger partial charge in [0, 0.05) is 18.1 Å². The van der Waals surface area contributed by atoms with Crippen molar-refractivity contribution >= 4 is 11.6 Å². The number of halogens is 1. The van der Waals surface area contributed by atoms with Crippen molar-refractivity contribution in [3.8, 4) is 0 Å². The molecule has 116 valence electrons. The standard InChI is InChI=1S/C18H26ClNO/c1-13-15-10-16(13)12-20(11-15)18(21)5-3-2-4-14-6-8-17(19)9-7-14/h6-9,13,15-16,18,21H,2-5,10-12H2,1H3. The predicted molar refractivity (Wildman–Crippen MR) is 87.3 cm³/mol. The van der Waals surface area contributed by atoms with Crippen LogP contribution >= 0.6 is 11.6 Å². The van der Waals surface area contributed by atoms with E-state index in [0.29, 0.717) is 0 Å². The lowest BCUT2D eigenvalue weighted by Crippen LogP contribution is -2.56. The molecule has 4 rings (SSSR count). The average Bonchev–Trinajstić information content (AvgIpc) is 2.52. The Hall–Kier alpha value is -0.570. The van der Waals surface area contributed by atoms with Crippen molar-refractivity contribution in [2.45, 2.75) is 45.3 Å². The van der Waals surface area contributed by atoms with Gasteiger partial charge in [0.2, 0.25) is 0 Å². The maximum Gasteiger partial charge on any atom is 0.107 e. The first kappa shape index (κ1) is 15.3. The maximum absolute atomic E-state index is 10.3. The van der Waals surface area contributed by atoms with Crippen LogP contribution in [0.15, 0.2) is 24.3 Å². The molecule has 3 heteroatoms. The lowest BCUT2D eigenvalue weighted by atomic mass is 9.62. The minimum Gasteiger partial charge on any atom is -0.378 e. The fraction of sp³-hybridized carbons (Fsp3) is 0.667. The Bertz CT molecular complexity index is 449. The highest BCUT2D eigenvalue weighted by Gasteiger charge is 2.44. The third-order valence-corrected chi connectivity index (χ3v) is 5.80. The van der Waals surface area contributed by atoms with Gasteiger partial charge in [-0.25, -0.2) is 0 Å². The number of aliphatic hydroxyl groups excluding tert-OH is 1. The van der Waals surface area contributed by atoms with Gasteiger partial charge in [0.25, 0.3) is 0 Å². The van der Waals surface area contributed by atoms with Crippen LogP contribution < -0.4 is 0 Å². The van der Waals surface area contributed by atoms with E-state index in [1.807, 2.05) is 12.1 Å². The van der Waals surface area contributed by atoms with Crippen LogP contribution in [0.2, 0.25) is 5.02 Å². The molecule has 1 aliphatic carbocycles. The number of aliphatic hydroxyl groups is 1. The minimum absolute atomic E-state index is 0.229. The number of aryl methyl sites for hydroxylation is 1. The highest BCUT2D eigenvalue weighted by atomic mass is 35.5. The first-order chi connectivity index (χ1) is 10.1. The molecule has 0 radical (unpaired) electrons. The van der Waals surface area contributed by atoms with E-state index in [-0.39, 0.29) is 6.23 Å². The summed E-state index contributed by atoms with van der Waals surface area (Å²) in [6.07, 6.45) is 5.36. The molecule has 2 bridgehead atoms. The van der Waals surface area contributed by atoms with Crippen LogP contribution in [-0.4, -0.2) is 29.3 Å². The number of benzene rings is 1. The summed E-state index contributed by atoms with van der Waals surface area (Å²) in [7, 11) is 0. The molecule has 1 N–H and O–H groups in total. The second-order valence-electron chi connectivity index (χ2n) is 6.92. The van der Waals surface area contributed by atoms with Gasteiger partial charge < -0.3 is 5.11 Å². The van der Waals surface area contributed by atoms with Crippen molar-refractivity contribution < 1.29 is 5.11 Å². The van der Waals surface area contributed by atoms with E-state index in [1.54, 1.807) is 0 Å². The van der Waals surface area contributed by atoms with Gasteiger partial charge in [0.1, 0.15) is 6.23 Å². The molecule has 1 saturated carbocycles. The quantitative estimate of drug-likeness (QED) is 0.804. The normalized spacial score (nSPS) is 30.0. The van der Waals surface area contributed by atoms with Gasteiger partial charge in [0.15, 0.2) is 0 Å². The molecule has 21 heavy (non-hydrogen) atoms. The van der Waals surface area contributed by atoms with E-state index in [1.165, 1.54) is 12.0 Å². The first-order valence-electron chi connectivity index (χ1n) is 8.30. The third-order valence-electron chi connectivity index (χ3n) is 5.54. The fourth-order valence-corrected chi connectivity index (χ4v) is 4.02. The second-order valence-corrected chi connectivity index (χ2v) is 7.36. The van der Waals surface area contributed by atoms with Gasteiger partial charge in [-0.05, 0) is 67.6 Å². The summed E-state index contributed by atoms with van der Waals surface area (Å²) in [6, 6.07) is 8.09. The van der Waals surface area contributed by atoms with Crippen LogP contribution in [0.25, 0.3) is 0 Å². The Morgan fingerprint density at radius 2 is 1.86 bits per heavy atom. The number of piperidine rings is 2. The molecule has 2 heterocycles. The SMILES string of the molecule is CC1C2CC1CN(C(O)CCCCc1ccc(Cl)cc1)C2.